The first kappa shape index (κ1) is 16.2. The number of carbonyl (C=O) groups excluding carboxylic acids is 1. The summed E-state index contributed by atoms with van der Waals surface area (Å²) in [6, 6.07) is 11.8. The number of halogens is 1. The van der Waals surface area contributed by atoms with E-state index in [1.807, 2.05) is 41.8 Å². The van der Waals surface area contributed by atoms with Crippen molar-refractivity contribution in [2.45, 2.75) is 18.9 Å². The Morgan fingerprint density at radius 1 is 1.38 bits per heavy atom. The van der Waals surface area contributed by atoms with Crippen molar-refractivity contribution in [3.63, 3.8) is 0 Å². The van der Waals surface area contributed by atoms with E-state index in [-0.39, 0.29) is 5.91 Å². The Kier molecular flexibility index (Phi) is 5.56. The first-order valence-corrected chi connectivity index (χ1v) is 8.41. The highest BCUT2D eigenvalue weighted by molar-refractivity contribution is 9.10. The van der Waals surface area contributed by atoms with E-state index < -0.39 is 5.60 Å². The molecule has 0 radical (unpaired) electrons. The van der Waals surface area contributed by atoms with E-state index in [1.165, 1.54) is 11.3 Å². The van der Waals surface area contributed by atoms with Crippen molar-refractivity contribution in [2.75, 3.05) is 13.7 Å². The lowest BCUT2D eigenvalue weighted by Crippen LogP contribution is -2.41. The Bertz CT molecular complexity index is 593. The number of hydrogen-bond acceptors (Lipinski definition) is 3. The van der Waals surface area contributed by atoms with Gasteiger partial charge in [-0.1, -0.05) is 37.3 Å². The van der Waals surface area contributed by atoms with Gasteiger partial charge in [0.25, 0.3) is 5.91 Å². The minimum Gasteiger partial charge on any atom is -0.372 e. The van der Waals surface area contributed by atoms with Crippen LogP contribution in [0.25, 0.3) is 0 Å². The van der Waals surface area contributed by atoms with Gasteiger partial charge in [-0.25, -0.2) is 0 Å². The number of methoxy groups -OCH3 is 1. The minimum atomic E-state index is -0.495. The molecule has 0 spiro atoms. The Morgan fingerprint density at radius 2 is 2.10 bits per heavy atom. The molecule has 112 valence electrons. The van der Waals surface area contributed by atoms with E-state index in [9.17, 15) is 4.79 Å². The van der Waals surface area contributed by atoms with Gasteiger partial charge < -0.3 is 10.1 Å². The Balaban J connectivity index is 2.12. The first-order chi connectivity index (χ1) is 10.1. The summed E-state index contributed by atoms with van der Waals surface area (Å²) in [7, 11) is 1.68. The fourth-order valence-corrected chi connectivity index (χ4v) is 3.59. The summed E-state index contributed by atoms with van der Waals surface area (Å²) >= 11 is 4.78. The lowest BCUT2D eigenvalue weighted by atomic mass is 9.90. The first-order valence-electron chi connectivity index (χ1n) is 6.74. The molecule has 0 saturated heterocycles. The summed E-state index contributed by atoms with van der Waals surface area (Å²) in [6.07, 6.45) is 0.780. The Hall–Kier alpha value is -1.17. The van der Waals surface area contributed by atoms with Gasteiger partial charge in [0.1, 0.15) is 5.60 Å². The third-order valence-electron chi connectivity index (χ3n) is 3.59. The van der Waals surface area contributed by atoms with Gasteiger partial charge in [0.05, 0.1) is 11.4 Å². The average molecular weight is 368 g/mol. The van der Waals surface area contributed by atoms with Crippen molar-refractivity contribution in [3.8, 4) is 0 Å². The summed E-state index contributed by atoms with van der Waals surface area (Å²) in [6.45, 7) is 2.50. The van der Waals surface area contributed by atoms with Gasteiger partial charge in [0.2, 0.25) is 0 Å². The van der Waals surface area contributed by atoms with Crippen molar-refractivity contribution in [1.82, 2.24) is 5.32 Å². The smallest absolute Gasteiger partial charge is 0.261 e. The van der Waals surface area contributed by atoms with Crippen molar-refractivity contribution in [1.29, 1.82) is 0 Å². The van der Waals surface area contributed by atoms with Gasteiger partial charge in [-0.2, -0.15) is 0 Å². The third kappa shape index (κ3) is 3.73. The monoisotopic (exact) mass is 367 g/mol. The molecule has 1 N–H and O–H groups in total. The lowest BCUT2D eigenvalue weighted by molar-refractivity contribution is -0.0164. The topological polar surface area (TPSA) is 38.3 Å². The minimum absolute atomic E-state index is 0.0727. The van der Waals surface area contributed by atoms with Crippen LogP contribution in [0.4, 0.5) is 0 Å². The fourth-order valence-electron chi connectivity index (χ4n) is 2.25. The molecule has 1 aromatic heterocycles. The normalized spacial score (nSPS) is 13.7. The summed E-state index contributed by atoms with van der Waals surface area (Å²) in [5, 5.41) is 4.88. The van der Waals surface area contributed by atoms with E-state index in [1.54, 1.807) is 7.11 Å². The molecule has 2 aromatic rings. The molecule has 0 fully saturated rings. The van der Waals surface area contributed by atoms with Crippen LogP contribution < -0.4 is 5.32 Å². The molecule has 1 heterocycles. The van der Waals surface area contributed by atoms with Crippen LogP contribution in [-0.4, -0.2) is 19.6 Å². The second-order valence-electron chi connectivity index (χ2n) is 4.73. The maximum Gasteiger partial charge on any atom is 0.261 e. The van der Waals surface area contributed by atoms with Crippen molar-refractivity contribution in [3.05, 3.63) is 56.7 Å². The standard InChI is InChI=1S/C16H18BrNO2S/c1-3-16(20-2,12-7-5-4-6-8-12)11-18-15(19)14-9-13(17)10-21-14/h4-10H,3,11H2,1-2H3,(H,18,19)/t16-/m1/s1. The Labute approximate surface area is 137 Å². The van der Waals surface area contributed by atoms with Gasteiger partial charge in [-0.15, -0.1) is 11.3 Å². The number of nitrogens with one attached hydrogen (secondary N) is 1. The molecule has 5 heteroatoms. The average Bonchev–Trinajstić information content (AvgIpc) is 2.96. The zero-order chi connectivity index (χ0) is 15.3. The molecule has 0 saturated carbocycles. The van der Waals surface area contributed by atoms with Crippen LogP contribution in [0, 0.1) is 0 Å². The van der Waals surface area contributed by atoms with Gasteiger partial charge in [-0.3, -0.25) is 4.79 Å². The highest BCUT2D eigenvalue weighted by Gasteiger charge is 2.30. The molecule has 2 rings (SSSR count). The summed E-state index contributed by atoms with van der Waals surface area (Å²) in [5.41, 5.74) is 0.577. The number of thiophene rings is 1. The quantitative estimate of drug-likeness (QED) is 0.830. The van der Waals surface area contributed by atoms with Gasteiger partial charge in [0.15, 0.2) is 0 Å². The molecule has 0 bridgehead atoms. The van der Waals surface area contributed by atoms with E-state index >= 15 is 0 Å². The van der Waals surface area contributed by atoms with Crippen LogP contribution in [0.2, 0.25) is 0 Å². The van der Waals surface area contributed by atoms with Crippen LogP contribution in [0.1, 0.15) is 28.6 Å². The fraction of sp³-hybridized carbons (Fsp3) is 0.312. The molecule has 0 aliphatic carbocycles. The molecule has 1 amide bonds. The predicted octanol–water partition coefficient (Wildman–Crippen LogP) is 4.19. The van der Waals surface area contributed by atoms with Crippen LogP contribution in [-0.2, 0) is 10.3 Å². The number of carbonyl (C=O) groups is 1. The largest absolute Gasteiger partial charge is 0.372 e. The number of amides is 1. The summed E-state index contributed by atoms with van der Waals surface area (Å²) in [5.74, 6) is -0.0727. The van der Waals surface area contributed by atoms with Crippen LogP contribution >= 0.6 is 27.3 Å². The lowest BCUT2D eigenvalue weighted by Gasteiger charge is -2.32. The molecule has 21 heavy (non-hydrogen) atoms. The highest BCUT2D eigenvalue weighted by atomic mass is 79.9. The zero-order valence-corrected chi connectivity index (χ0v) is 14.5. The van der Waals surface area contributed by atoms with Crippen molar-refractivity contribution < 1.29 is 9.53 Å². The second-order valence-corrected chi connectivity index (χ2v) is 6.56. The molecule has 1 atom stereocenters. The van der Waals surface area contributed by atoms with E-state index in [0.29, 0.717) is 11.4 Å². The van der Waals surface area contributed by atoms with Crippen molar-refractivity contribution >= 4 is 33.2 Å². The summed E-state index contributed by atoms with van der Waals surface area (Å²) < 4.78 is 6.67. The SMILES string of the molecule is CC[C@](CNC(=O)c1cc(Br)cs1)(OC)c1ccccc1. The zero-order valence-electron chi connectivity index (χ0n) is 12.1. The maximum atomic E-state index is 12.2. The third-order valence-corrected chi connectivity index (χ3v) is 5.28. The highest BCUT2D eigenvalue weighted by Crippen LogP contribution is 2.28. The molecule has 0 unspecified atom stereocenters. The molecular formula is C16H18BrNO2S. The molecule has 0 aliphatic heterocycles. The van der Waals surface area contributed by atoms with Crippen LogP contribution in [0.15, 0.2) is 46.3 Å². The van der Waals surface area contributed by atoms with Crippen LogP contribution in [0.5, 0.6) is 0 Å². The predicted molar refractivity (Wildman–Crippen MR) is 89.8 cm³/mol. The Morgan fingerprint density at radius 3 is 2.62 bits per heavy atom. The van der Waals surface area contributed by atoms with E-state index in [0.717, 1.165) is 16.5 Å². The molecule has 3 nitrogen and oxygen atoms in total. The number of benzene rings is 1. The molecule has 1 aromatic carbocycles. The number of rotatable bonds is 6. The van der Waals surface area contributed by atoms with Gasteiger partial charge in [-0.05, 0) is 34.0 Å². The van der Waals surface area contributed by atoms with E-state index in [4.69, 9.17) is 4.74 Å². The van der Waals surface area contributed by atoms with Crippen LogP contribution in [0.3, 0.4) is 0 Å². The number of hydrogen-bond donors (Lipinski definition) is 1. The number of ether oxygens (including phenoxy) is 1. The van der Waals surface area contributed by atoms with Gasteiger partial charge >= 0.3 is 0 Å². The van der Waals surface area contributed by atoms with Gasteiger partial charge in [0, 0.05) is 17.0 Å². The second kappa shape index (κ2) is 7.20. The summed E-state index contributed by atoms with van der Waals surface area (Å²) in [4.78, 5) is 12.9. The molecule has 0 aliphatic rings. The van der Waals surface area contributed by atoms with E-state index in [2.05, 4.69) is 28.2 Å². The van der Waals surface area contributed by atoms with Crippen molar-refractivity contribution in [2.24, 2.45) is 0 Å². The molecular weight excluding hydrogens is 350 g/mol. The maximum absolute atomic E-state index is 12.2.